The molecule has 1 atom stereocenters. The average Bonchev–Trinajstić information content (AvgIpc) is 2.76. The minimum Gasteiger partial charge on any atom is -0.386 e. The van der Waals surface area contributed by atoms with Crippen LogP contribution in [0.1, 0.15) is 19.3 Å². The Labute approximate surface area is 93.6 Å². The second kappa shape index (κ2) is 3.61. The standard InChI is InChI=1S/C10H14ClN3O/c1-2-3-10(15,9(11)4-5-9)6-14-8-12-7-13-14/h2,7-8,15H,1,3-6H2. The van der Waals surface area contributed by atoms with E-state index in [0.29, 0.717) is 13.0 Å². The molecule has 82 valence electrons. The van der Waals surface area contributed by atoms with E-state index in [1.807, 2.05) is 0 Å². The third-order valence-corrected chi connectivity index (χ3v) is 3.62. The molecule has 2 rings (SSSR count). The van der Waals surface area contributed by atoms with E-state index in [2.05, 4.69) is 16.7 Å². The van der Waals surface area contributed by atoms with Gasteiger partial charge >= 0.3 is 0 Å². The summed E-state index contributed by atoms with van der Waals surface area (Å²) >= 11 is 6.29. The molecule has 0 spiro atoms. The van der Waals surface area contributed by atoms with Gasteiger partial charge in [-0.3, -0.25) is 0 Å². The maximum atomic E-state index is 10.5. The van der Waals surface area contributed by atoms with Gasteiger partial charge in [0.05, 0.1) is 11.4 Å². The van der Waals surface area contributed by atoms with E-state index in [0.717, 1.165) is 12.8 Å². The van der Waals surface area contributed by atoms with Crippen LogP contribution in [0.5, 0.6) is 0 Å². The average molecular weight is 228 g/mol. The zero-order valence-corrected chi connectivity index (χ0v) is 9.19. The summed E-state index contributed by atoms with van der Waals surface area (Å²) in [6, 6.07) is 0. The van der Waals surface area contributed by atoms with Gasteiger partial charge in [-0.2, -0.15) is 5.10 Å². The normalized spacial score (nSPS) is 22.0. The lowest BCUT2D eigenvalue weighted by Crippen LogP contribution is -2.44. The molecule has 1 aromatic rings. The molecular weight excluding hydrogens is 214 g/mol. The summed E-state index contributed by atoms with van der Waals surface area (Å²) in [5, 5.41) is 14.5. The van der Waals surface area contributed by atoms with E-state index in [-0.39, 0.29) is 0 Å². The maximum Gasteiger partial charge on any atom is 0.137 e. The SMILES string of the molecule is C=CCC(O)(Cn1cncn1)C1(Cl)CC1. The lowest BCUT2D eigenvalue weighted by atomic mass is 9.93. The quantitative estimate of drug-likeness (QED) is 0.611. The number of aliphatic hydroxyl groups is 1. The third-order valence-electron chi connectivity index (χ3n) is 2.90. The predicted molar refractivity (Wildman–Crippen MR) is 57.6 cm³/mol. The van der Waals surface area contributed by atoms with Crippen molar-refractivity contribution in [3.05, 3.63) is 25.3 Å². The predicted octanol–water partition coefficient (Wildman–Crippen LogP) is 1.36. The van der Waals surface area contributed by atoms with Crippen LogP contribution in [-0.2, 0) is 6.54 Å². The van der Waals surface area contributed by atoms with Gasteiger partial charge in [-0.25, -0.2) is 9.67 Å². The number of halogens is 1. The molecule has 0 bridgehead atoms. The maximum absolute atomic E-state index is 10.5. The first-order valence-electron chi connectivity index (χ1n) is 4.94. The second-order valence-electron chi connectivity index (χ2n) is 4.08. The largest absolute Gasteiger partial charge is 0.386 e. The molecule has 0 amide bonds. The van der Waals surface area contributed by atoms with Crippen LogP contribution in [0.2, 0.25) is 0 Å². The molecule has 15 heavy (non-hydrogen) atoms. The minimum absolute atomic E-state index is 0.364. The summed E-state index contributed by atoms with van der Waals surface area (Å²) in [6.07, 6.45) is 6.87. The minimum atomic E-state index is -0.968. The number of alkyl halides is 1. The van der Waals surface area contributed by atoms with Crippen molar-refractivity contribution in [2.24, 2.45) is 0 Å². The lowest BCUT2D eigenvalue weighted by molar-refractivity contribution is 0.0103. The zero-order chi connectivity index (χ0) is 10.9. The van der Waals surface area contributed by atoms with Crippen LogP contribution in [-0.4, -0.2) is 30.3 Å². The van der Waals surface area contributed by atoms with Gasteiger partial charge in [0, 0.05) is 0 Å². The molecule has 1 unspecified atom stereocenters. The molecule has 1 aliphatic carbocycles. The number of hydrogen-bond donors (Lipinski definition) is 1. The molecule has 1 aromatic heterocycles. The molecule has 5 heteroatoms. The van der Waals surface area contributed by atoms with Crippen molar-refractivity contribution in [3.63, 3.8) is 0 Å². The van der Waals surface area contributed by atoms with E-state index < -0.39 is 10.5 Å². The van der Waals surface area contributed by atoms with E-state index in [1.54, 1.807) is 17.1 Å². The summed E-state index contributed by atoms with van der Waals surface area (Å²) in [7, 11) is 0. The van der Waals surface area contributed by atoms with Gasteiger partial charge in [-0.15, -0.1) is 18.2 Å². The van der Waals surface area contributed by atoms with Crippen LogP contribution >= 0.6 is 11.6 Å². The van der Waals surface area contributed by atoms with Gasteiger partial charge in [0.1, 0.15) is 18.3 Å². The summed E-state index contributed by atoms with van der Waals surface area (Å²) in [4.78, 5) is 3.33. The van der Waals surface area contributed by atoms with Gasteiger partial charge in [0.15, 0.2) is 0 Å². The second-order valence-corrected chi connectivity index (χ2v) is 4.81. The molecule has 1 aliphatic rings. The third kappa shape index (κ3) is 1.92. The van der Waals surface area contributed by atoms with Crippen molar-refractivity contribution in [2.45, 2.75) is 36.3 Å². The molecule has 0 saturated heterocycles. The number of aromatic nitrogens is 3. The van der Waals surface area contributed by atoms with Crippen LogP contribution in [0.15, 0.2) is 25.3 Å². The summed E-state index contributed by atoms with van der Waals surface area (Å²) in [5.41, 5.74) is -0.968. The van der Waals surface area contributed by atoms with Crippen LogP contribution < -0.4 is 0 Å². The Morgan fingerprint density at radius 2 is 2.40 bits per heavy atom. The lowest BCUT2D eigenvalue weighted by Gasteiger charge is -2.31. The first kappa shape index (κ1) is 10.6. The summed E-state index contributed by atoms with van der Waals surface area (Å²) < 4.78 is 1.60. The molecule has 1 saturated carbocycles. The van der Waals surface area contributed by atoms with Crippen molar-refractivity contribution in [1.82, 2.24) is 14.8 Å². The smallest absolute Gasteiger partial charge is 0.137 e. The first-order chi connectivity index (χ1) is 7.10. The highest BCUT2D eigenvalue weighted by atomic mass is 35.5. The van der Waals surface area contributed by atoms with E-state index >= 15 is 0 Å². The van der Waals surface area contributed by atoms with Crippen molar-refractivity contribution >= 4 is 11.6 Å². The van der Waals surface area contributed by atoms with Gasteiger partial charge < -0.3 is 5.11 Å². The Kier molecular flexibility index (Phi) is 2.56. The van der Waals surface area contributed by atoms with Gasteiger partial charge in [0.2, 0.25) is 0 Å². The zero-order valence-electron chi connectivity index (χ0n) is 8.43. The van der Waals surface area contributed by atoms with Crippen LogP contribution in [0.25, 0.3) is 0 Å². The van der Waals surface area contributed by atoms with Crippen molar-refractivity contribution < 1.29 is 5.11 Å². The number of nitrogens with zero attached hydrogens (tertiary/aromatic N) is 3. The summed E-state index contributed by atoms with van der Waals surface area (Å²) in [5.74, 6) is 0. The first-order valence-corrected chi connectivity index (χ1v) is 5.32. The molecule has 0 radical (unpaired) electrons. The van der Waals surface area contributed by atoms with E-state index in [1.165, 1.54) is 6.33 Å². The van der Waals surface area contributed by atoms with Gasteiger partial charge in [-0.1, -0.05) is 6.08 Å². The van der Waals surface area contributed by atoms with Crippen LogP contribution in [0, 0.1) is 0 Å². The van der Waals surface area contributed by atoms with Crippen LogP contribution in [0.3, 0.4) is 0 Å². The van der Waals surface area contributed by atoms with E-state index in [4.69, 9.17) is 11.6 Å². The Bertz CT molecular complexity index is 348. The number of rotatable bonds is 5. The van der Waals surface area contributed by atoms with Crippen molar-refractivity contribution in [1.29, 1.82) is 0 Å². The molecular formula is C10H14ClN3O. The molecule has 1 N–H and O–H groups in total. The van der Waals surface area contributed by atoms with E-state index in [9.17, 15) is 5.11 Å². The Balaban J connectivity index is 2.16. The summed E-state index contributed by atoms with van der Waals surface area (Å²) in [6.45, 7) is 4.02. The molecule has 0 aromatic carbocycles. The Morgan fingerprint density at radius 3 is 2.87 bits per heavy atom. The highest BCUT2D eigenvalue weighted by molar-refractivity contribution is 6.26. The van der Waals surface area contributed by atoms with Crippen molar-refractivity contribution in [3.8, 4) is 0 Å². The molecule has 1 fully saturated rings. The Morgan fingerprint density at radius 1 is 1.67 bits per heavy atom. The highest BCUT2D eigenvalue weighted by Gasteiger charge is 2.57. The highest BCUT2D eigenvalue weighted by Crippen LogP contribution is 2.53. The monoisotopic (exact) mass is 227 g/mol. The van der Waals surface area contributed by atoms with Crippen LogP contribution in [0.4, 0.5) is 0 Å². The molecule has 1 heterocycles. The molecule has 0 aliphatic heterocycles. The fourth-order valence-corrected chi connectivity index (χ4v) is 2.02. The van der Waals surface area contributed by atoms with Crippen molar-refractivity contribution in [2.75, 3.05) is 0 Å². The fraction of sp³-hybridized carbons (Fsp3) is 0.600. The topological polar surface area (TPSA) is 50.9 Å². The fourth-order valence-electron chi connectivity index (χ4n) is 1.79. The number of hydrogen-bond acceptors (Lipinski definition) is 3. The molecule has 4 nitrogen and oxygen atoms in total. The van der Waals surface area contributed by atoms with Gasteiger partial charge in [-0.05, 0) is 19.3 Å². The van der Waals surface area contributed by atoms with Gasteiger partial charge in [0.25, 0.3) is 0 Å². The Hall–Kier alpha value is -0.870.